The van der Waals surface area contributed by atoms with Crippen LogP contribution in [0.25, 0.3) is 0 Å². The number of hydrogen-bond donors (Lipinski definition) is 1. The van der Waals surface area contributed by atoms with Crippen molar-refractivity contribution < 1.29 is 9.66 Å². The molecule has 1 aromatic rings. The van der Waals surface area contributed by atoms with Crippen LogP contribution in [0.5, 0.6) is 0 Å². The minimum atomic E-state index is -0.523. The van der Waals surface area contributed by atoms with Crippen LogP contribution in [0.2, 0.25) is 0 Å². The topological polar surface area (TPSA) is 94.0 Å². The molecule has 0 aliphatic carbocycles. The highest BCUT2D eigenvalue weighted by Crippen LogP contribution is 2.27. The molecule has 0 saturated carbocycles. The molecule has 82 valence electrons. The first-order valence-corrected chi connectivity index (χ1v) is 5.13. The van der Waals surface area contributed by atoms with E-state index in [2.05, 4.69) is 9.72 Å². The maximum atomic E-state index is 10.7. The van der Waals surface area contributed by atoms with Gasteiger partial charge in [0.1, 0.15) is 0 Å². The van der Waals surface area contributed by atoms with Crippen LogP contribution in [-0.2, 0) is 11.8 Å². The molecule has 1 rings (SSSR count). The summed E-state index contributed by atoms with van der Waals surface area (Å²) in [5, 5.41) is 18.4. The minimum absolute atomic E-state index is 0.126. The average Bonchev–Trinajstić information content (AvgIpc) is 2.54. The molecule has 1 aromatic heterocycles. The van der Waals surface area contributed by atoms with Crippen LogP contribution in [0.4, 0.5) is 5.82 Å². The molecule has 0 amide bonds. The number of nitro groups is 1. The molecular weight excluding hydrogens is 220 g/mol. The molecule has 0 saturated heterocycles. The van der Waals surface area contributed by atoms with Gasteiger partial charge in [-0.15, -0.1) is 11.8 Å². The first-order chi connectivity index (χ1) is 7.02. The van der Waals surface area contributed by atoms with E-state index in [4.69, 9.17) is 5.41 Å². The van der Waals surface area contributed by atoms with Crippen molar-refractivity contribution in [1.29, 1.82) is 5.41 Å². The van der Waals surface area contributed by atoms with Gasteiger partial charge in [-0.2, -0.15) is 4.98 Å². The van der Waals surface area contributed by atoms with Gasteiger partial charge in [0, 0.05) is 0 Å². The van der Waals surface area contributed by atoms with E-state index in [1.807, 2.05) is 0 Å². The zero-order valence-corrected chi connectivity index (χ0v) is 9.29. The van der Waals surface area contributed by atoms with Crippen LogP contribution in [0.1, 0.15) is 5.82 Å². The Bertz CT molecular complexity index is 415. The highest BCUT2D eigenvalue weighted by Gasteiger charge is 2.27. The summed E-state index contributed by atoms with van der Waals surface area (Å²) in [6.07, 6.45) is 1.69. The third kappa shape index (κ3) is 1.94. The van der Waals surface area contributed by atoms with Gasteiger partial charge >= 0.3 is 5.82 Å². The number of hydrogen-bond acceptors (Lipinski definition) is 6. The van der Waals surface area contributed by atoms with Crippen molar-refractivity contribution in [2.45, 2.75) is 5.03 Å². The summed E-state index contributed by atoms with van der Waals surface area (Å²) in [5.41, 5.74) is 0. The molecule has 0 aliphatic heterocycles. The van der Waals surface area contributed by atoms with Crippen molar-refractivity contribution in [2.75, 3.05) is 13.4 Å². The van der Waals surface area contributed by atoms with E-state index in [1.165, 1.54) is 18.7 Å². The van der Waals surface area contributed by atoms with Gasteiger partial charge in [0.15, 0.2) is 5.03 Å². The van der Waals surface area contributed by atoms with Crippen LogP contribution < -0.4 is 0 Å². The Morgan fingerprint density at radius 2 is 2.33 bits per heavy atom. The monoisotopic (exact) mass is 230 g/mol. The molecule has 1 heterocycles. The second kappa shape index (κ2) is 4.30. The first-order valence-electron chi connectivity index (χ1n) is 3.91. The standard InChI is InChI=1S/C7H10N4O3S/c1-10-5(4(8)14-2)9-6(15-3)7(10)11(12)13/h8H,1-3H3. The quantitative estimate of drug-likeness (QED) is 0.275. The van der Waals surface area contributed by atoms with E-state index >= 15 is 0 Å². The van der Waals surface area contributed by atoms with Crippen molar-refractivity contribution >= 4 is 23.5 Å². The Hall–Kier alpha value is -1.57. The predicted octanol–water partition coefficient (Wildman–Crippen LogP) is 1.02. The van der Waals surface area contributed by atoms with Gasteiger partial charge in [-0.25, -0.2) is 4.57 Å². The lowest BCUT2D eigenvalue weighted by molar-refractivity contribution is -0.394. The van der Waals surface area contributed by atoms with Crippen LogP contribution >= 0.6 is 11.8 Å². The van der Waals surface area contributed by atoms with E-state index in [1.54, 1.807) is 6.26 Å². The van der Waals surface area contributed by atoms with Gasteiger partial charge in [-0.1, -0.05) is 0 Å². The Labute approximate surface area is 90.1 Å². The van der Waals surface area contributed by atoms with E-state index in [0.29, 0.717) is 0 Å². The van der Waals surface area contributed by atoms with Crippen molar-refractivity contribution in [1.82, 2.24) is 9.55 Å². The molecule has 0 unspecified atom stereocenters. The smallest absolute Gasteiger partial charge is 0.357 e. The number of methoxy groups -OCH3 is 1. The zero-order valence-electron chi connectivity index (χ0n) is 8.47. The third-order valence-electron chi connectivity index (χ3n) is 1.81. The lowest BCUT2D eigenvalue weighted by Gasteiger charge is -1.98. The highest BCUT2D eigenvalue weighted by molar-refractivity contribution is 7.98. The molecule has 0 aliphatic rings. The fourth-order valence-corrected chi connectivity index (χ4v) is 1.67. The molecule has 7 nitrogen and oxygen atoms in total. The summed E-state index contributed by atoms with van der Waals surface area (Å²) < 4.78 is 5.91. The lowest BCUT2D eigenvalue weighted by atomic mass is 10.6. The molecule has 8 heteroatoms. The van der Waals surface area contributed by atoms with Crippen molar-refractivity contribution in [3.05, 3.63) is 15.9 Å². The van der Waals surface area contributed by atoms with E-state index < -0.39 is 4.92 Å². The zero-order chi connectivity index (χ0) is 11.6. The summed E-state index contributed by atoms with van der Waals surface area (Å²) in [5.74, 6) is -0.172. The number of nitrogens with zero attached hydrogens (tertiary/aromatic N) is 3. The lowest BCUT2D eigenvalue weighted by Crippen LogP contribution is -2.10. The number of imidazole rings is 1. The van der Waals surface area contributed by atoms with Crippen LogP contribution in [-0.4, -0.2) is 33.7 Å². The number of nitrogens with one attached hydrogen (secondary N) is 1. The van der Waals surface area contributed by atoms with Crippen LogP contribution in [0.3, 0.4) is 0 Å². The SMILES string of the molecule is COC(=N)c1nc(SC)c([N+](=O)[O-])n1C. The summed E-state index contributed by atoms with van der Waals surface area (Å²) in [6, 6.07) is 0. The molecule has 0 spiro atoms. The van der Waals surface area contributed by atoms with E-state index in [-0.39, 0.29) is 22.6 Å². The maximum absolute atomic E-state index is 10.7. The fraction of sp³-hybridized carbons (Fsp3) is 0.429. The molecule has 0 atom stereocenters. The van der Waals surface area contributed by atoms with Crippen LogP contribution in [0, 0.1) is 15.5 Å². The summed E-state index contributed by atoms with van der Waals surface area (Å²) >= 11 is 1.16. The Balaban J connectivity index is 3.34. The summed E-state index contributed by atoms with van der Waals surface area (Å²) in [6.45, 7) is 0. The molecule has 0 bridgehead atoms. The van der Waals surface area contributed by atoms with Gasteiger partial charge in [0.05, 0.1) is 14.2 Å². The minimum Gasteiger partial charge on any atom is -0.477 e. The Morgan fingerprint density at radius 1 is 1.73 bits per heavy atom. The highest BCUT2D eigenvalue weighted by atomic mass is 32.2. The Kier molecular flexibility index (Phi) is 3.30. The largest absolute Gasteiger partial charge is 0.477 e. The third-order valence-corrected chi connectivity index (χ3v) is 2.47. The number of ether oxygens (including phenoxy) is 1. The average molecular weight is 230 g/mol. The summed E-state index contributed by atoms with van der Waals surface area (Å²) in [7, 11) is 2.80. The summed E-state index contributed by atoms with van der Waals surface area (Å²) in [4.78, 5) is 14.2. The van der Waals surface area contributed by atoms with Crippen molar-refractivity contribution in [2.24, 2.45) is 7.05 Å². The van der Waals surface area contributed by atoms with Gasteiger partial charge < -0.3 is 14.9 Å². The predicted molar refractivity (Wildman–Crippen MR) is 55.5 cm³/mol. The second-order valence-corrected chi connectivity index (χ2v) is 3.41. The normalized spacial score (nSPS) is 10.1. The molecule has 0 aromatic carbocycles. The number of aromatic nitrogens is 2. The first kappa shape index (κ1) is 11.5. The van der Waals surface area contributed by atoms with Gasteiger partial charge in [0.25, 0.3) is 11.7 Å². The fourth-order valence-electron chi connectivity index (χ4n) is 1.10. The molecular formula is C7H10N4O3S. The number of thioether (sulfide) groups is 1. The Morgan fingerprint density at radius 3 is 2.67 bits per heavy atom. The van der Waals surface area contributed by atoms with E-state index in [9.17, 15) is 10.1 Å². The van der Waals surface area contributed by atoms with E-state index in [0.717, 1.165) is 11.8 Å². The maximum Gasteiger partial charge on any atom is 0.357 e. The van der Waals surface area contributed by atoms with Crippen molar-refractivity contribution in [3.63, 3.8) is 0 Å². The molecule has 0 radical (unpaired) electrons. The second-order valence-electron chi connectivity index (χ2n) is 2.62. The van der Waals surface area contributed by atoms with Gasteiger partial charge in [-0.3, -0.25) is 5.41 Å². The number of rotatable bonds is 3. The van der Waals surface area contributed by atoms with Gasteiger partial charge in [0.2, 0.25) is 0 Å². The molecule has 1 N–H and O–H groups in total. The molecule has 0 fully saturated rings. The van der Waals surface area contributed by atoms with Crippen molar-refractivity contribution in [3.8, 4) is 0 Å². The van der Waals surface area contributed by atoms with Crippen LogP contribution in [0.15, 0.2) is 5.03 Å². The molecule has 15 heavy (non-hydrogen) atoms. The van der Waals surface area contributed by atoms with Gasteiger partial charge in [-0.05, 0) is 11.2 Å².